The van der Waals surface area contributed by atoms with E-state index in [2.05, 4.69) is 10.6 Å². The van der Waals surface area contributed by atoms with Crippen molar-refractivity contribution < 1.29 is 18.0 Å². The number of thioether (sulfide) groups is 1. The van der Waals surface area contributed by atoms with Gasteiger partial charge in [0.25, 0.3) is 0 Å². The number of sulfone groups is 1. The van der Waals surface area contributed by atoms with Crippen LogP contribution in [-0.2, 0) is 19.4 Å². The molecule has 0 atom stereocenters. The van der Waals surface area contributed by atoms with Gasteiger partial charge in [-0.05, 0) is 36.4 Å². The highest BCUT2D eigenvalue weighted by molar-refractivity contribution is 8.00. The number of nitrogens with one attached hydrogen (secondary N) is 2. The molecule has 26 heavy (non-hydrogen) atoms. The summed E-state index contributed by atoms with van der Waals surface area (Å²) < 4.78 is 25.0. The van der Waals surface area contributed by atoms with Crippen molar-refractivity contribution in [1.29, 1.82) is 0 Å². The monoisotopic (exact) mass is 410 g/mol. The van der Waals surface area contributed by atoms with Gasteiger partial charge in [0.2, 0.25) is 11.8 Å². The zero-order valence-corrected chi connectivity index (χ0v) is 15.9. The van der Waals surface area contributed by atoms with Gasteiger partial charge in [-0.25, -0.2) is 8.42 Å². The normalized spacial score (nSPS) is 13.7. The van der Waals surface area contributed by atoms with Crippen LogP contribution in [0.2, 0.25) is 5.02 Å². The predicted molar refractivity (Wildman–Crippen MR) is 103 cm³/mol. The number of anilines is 2. The molecule has 0 aliphatic carbocycles. The predicted octanol–water partition coefficient (Wildman–Crippen LogP) is 3.19. The van der Waals surface area contributed by atoms with Crippen LogP contribution in [0, 0.1) is 0 Å². The van der Waals surface area contributed by atoms with Crippen molar-refractivity contribution in [2.75, 3.05) is 22.1 Å². The highest BCUT2D eigenvalue weighted by Crippen LogP contribution is 2.33. The molecule has 0 bridgehead atoms. The maximum absolute atomic E-state index is 12.5. The molecule has 0 fully saturated rings. The number of hydrogen-bond donors (Lipinski definition) is 2. The SMILES string of the molecule is O=C(CCS(=O)(=O)c1ccc2c(c1)NC(=O)CS2)Nc1cccc(Cl)c1. The minimum atomic E-state index is -3.65. The number of hydrogen-bond acceptors (Lipinski definition) is 5. The Bertz CT molecular complexity index is 976. The van der Waals surface area contributed by atoms with E-state index in [-0.39, 0.29) is 23.0 Å². The molecule has 1 aliphatic rings. The van der Waals surface area contributed by atoms with Gasteiger partial charge in [0, 0.05) is 22.0 Å². The number of halogens is 1. The van der Waals surface area contributed by atoms with Gasteiger partial charge in [-0.2, -0.15) is 0 Å². The first-order valence-corrected chi connectivity index (χ1v) is 10.7. The van der Waals surface area contributed by atoms with E-state index in [1.165, 1.54) is 23.9 Å². The molecule has 2 aromatic rings. The second-order valence-electron chi connectivity index (χ2n) is 5.62. The van der Waals surface area contributed by atoms with Crippen molar-refractivity contribution in [1.82, 2.24) is 0 Å². The molecular formula is C17H15ClN2O4S2. The first-order chi connectivity index (χ1) is 12.3. The van der Waals surface area contributed by atoms with E-state index in [9.17, 15) is 18.0 Å². The van der Waals surface area contributed by atoms with Crippen LogP contribution in [0.1, 0.15) is 6.42 Å². The highest BCUT2D eigenvalue weighted by atomic mass is 35.5. The van der Waals surface area contributed by atoms with Crippen LogP contribution in [-0.4, -0.2) is 31.7 Å². The van der Waals surface area contributed by atoms with Gasteiger partial charge < -0.3 is 10.6 Å². The van der Waals surface area contributed by atoms with E-state index in [0.29, 0.717) is 22.2 Å². The van der Waals surface area contributed by atoms with Gasteiger partial charge >= 0.3 is 0 Å². The largest absolute Gasteiger partial charge is 0.326 e. The number of carbonyl (C=O) groups is 2. The zero-order valence-electron chi connectivity index (χ0n) is 13.5. The number of rotatable bonds is 5. The van der Waals surface area contributed by atoms with Gasteiger partial charge in [-0.1, -0.05) is 17.7 Å². The fraction of sp³-hybridized carbons (Fsp3) is 0.176. The molecule has 3 rings (SSSR count). The third kappa shape index (κ3) is 4.57. The summed E-state index contributed by atoms with van der Waals surface area (Å²) >= 11 is 7.20. The molecule has 1 aliphatic heterocycles. The maximum atomic E-state index is 12.5. The van der Waals surface area contributed by atoms with Crippen molar-refractivity contribution in [2.45, 2.75) is 16.2 Å². The number of amides is 2. The molecule has 0 unspecified atom stereocenters. The Morgan fingerprint density at radius 1 is 1.23 bits per heavy atom. The lowest BCUT2D eigenvalue weighted by Crippen LogP contribution is -2.20. The Kier molecular flexibility index (Phi) is 5.55. The Balaban J connectivity index is 1.66. The Morgan fingerprint density at radius 3 is 2.81 bits per heavy atom. The van der Waals surface area contributed by atoms with Crippen LogP contribution >= 0.6 is 23.4 Å². The summed E-state index contributed by atoms with van der Waals surface area (Å²) in [4.78, 5) is 24.4. The fourth-order valence-electron chi connectivity index (χ4n) is 2.39. The summed E-state index contributed by atoms with van der Waals surface area (Å²) in [5.41, 5.74) is 0.990. The zero-order chi connectivity index (χ0) is 18.7. The lowest BCUT2D eigenvalue weighted by molar-refractivity contribution is -0.116. The molecule has 2 N–H and O–H groups in total. The lowest BCUT2D eigenvalue weighted by atomic mass is 10.3. The van der Waals surface area contributed by atoms with Gasteiger partial charge in [-0.15, -0.1) is 11.8 Å². The van der Waals surface area contributed by atoms with Crippen molar-refractivity contribution in [3.8, 4) is 0 Å². The fourth-order valence-corrected chi connectivity index (χ4v) is 4.63. The van der Waals surface area contributed by atoms with Gasteiger partial charge in [-0.3, -0.25) is 9.59 Å². The van der Waals surface area contributed by atoms with Crippen LogP contribution in [0.5, 0.6) is 0 Å². The summed E-state index contributed by atoms with van der Waals surface area (Å²) in [6, 6.07) is 11.2. The molecule has 0 saturated carbocycles. The molecule has 136 valence electrons. The van der Waals surface area contributed by atoms with Crippen molar-refractivity contribution >= 4 is 56.4 Å². The van der Waals surface area contributed by atoms with Crippen molar-refractivity contribution in [2.24, 2.45) is 0 Å². The van der Waals surface area contributed by atoms with Crippen LogP contribution in [0.4, 0.5) is 11.4 Å². The van der Waals surface area contributed by atoms with E-state index in [0.717, 1.165) is 4.90 Å². The smallest absolute Gasteiger partial charge is 0.234 e. The van der Waals surface area contributed by atoms with Gasteiger partial charge in [0.05, 0.1) is 22.1 Å². The van der Waals surface area contributed by atoms with Crippen LogP contribution in [0.3, 0.4) is 0 Å². The van der Waals surface area contributed by atoms with Crippen LogP contribution in [0.15, 0.2) is 52.3 Å². The summed E-state index contributed by atoms with van der Waals surface area (Å²) in [5, 5.41) is 5.75. The van der Waals surface area contributed by atoms with E-state index in [1.54, 1.807) is 30.3 Å². The minimum absolute atomic E-state index is 0.0783. The average molecular weight is 411 g/mol. The van der Waals surface area contributed by atoms with Gasteiger partial charge in [0.1, 0.15) is 0 Å². The van der Waals surface area contributed by atoms with E-state index in [1.807, 2.05) is 0 Å². The Morgan fingerprint density at radius 2 is 2.04 bits per heavy atom. The summed E-state index contributed by atoms with van der Waals surface area (Å²) in [6.07, 6.45) is -0.187. The maximum Gasteiger partial charge on any atom is 0.234 e. The second kappa shape index (κ2) is 7.69. The van der Waals surface area contributed by atoms with E-state index >= 15 is 0 Å². The van der Waals surface area contributed by atoms with Gasteiger partial charge in [0.15, 0.2) is 9.84 Å². The molecule has 0 spiro atoms. The topological polar surface area (TPSA) is 92.3 Å². The number of benzene rings is 2. The van der Waals surface area contributed by atoms with E-state index < -0.39 is 15.7 Å². The highest BCUT2D eigenvalue weighted by Gasteiger charge is 2.21. The minimum Gasteiger partial charge on any atom is -0.326 e. The molecular weight excluding hydrogens is 396 g/mol. The molecule has 9 heteroatoms. The molecule has 2 amide bonds. The molecule has 1 heterocycles. The molecule has 0 radical (unpaired) electrons. The first-order valence-electron chi connectivity index (χ1n) is 7.68. The van der Waals surface area contributed by atoms with Crippen molar-refractivity contribution in [3.05, 3.63) is 47.5 Å². The standard InChI is InChI=1S/C17H15ClN2O4S2/c18-11-2-1-3-12(8-11)19-16(21)6-7-26(23,24)13-4-5-15-14(9-13)20-17(22)10-25-15/h1-5,8-9H,6-7,10H2,(H,19,21)(H,20,22). The molecule has 0 saturated heterocycles. The van der Waals surface area contributed by atoms with Crippen LogP contribution < -0.4 is 10.6 Å². The quantitative estimate of drug-likeness (QED) is 0.789. The summed E-state index contributed by atoms with van der Waals surface area (Å²) in [7, 11) is -3.65. The number of carbonyl (C=O) groups excluding carboxylic acids is 2. The first kappa shape index (κ1) is 18.8. The van der Waals surface area contributed by atoms with E-state index in [4.69, 9.17) is 11.6 Å². The molecule has 0 aromatic heterocycles. The molecule has 6 nitrogen and oxygen atoms in total. The average Bonchev–Trinajstić information content (AvgIpc) is 2.59. The second-order valence-corrected chi connectivity index (χ2v) is 9.18. The van der Waals surface area contributed by atoms with Crippen LogP contribution in [0.25, 0.3) is 0 Å². The van der Waals surface area contributed by atoms with Crippen molar-refractivity contribution in [3.63, 3.8) is 0 Å². The Labute approximate surface area is 160 Å². The third-order valence-electron chi connectivity index (χ3n) is 3.65. The molecule has 2 aromatic carbocycles. The Hall–Kier alpha value is -2.03. The third-order valence-corrected chi connectivity index (χ3v) is 6.67. The lowest BCUT2D eigenvalue weighted by Gasteiger charge is -2.17. The summed E-state index contributed by atoms with van der Waals surface area (Å²) in [5.74, 6) is -0.613. The summed E-state index contributed by atoms with van der Waals surface area (Å²) in [6.45, 7) is 0. The number of fused-ring (bicyclic) bond motifs is 1.